The van der Waals surface area contributed by atoms with E-state index in [1.807, 2.05) is 17.0 Å². The molecule has 2 aromatic carbocycles. The van der Waals surface area contributed by atoms with Gasteiger partial charge in [-0.25, -0.2) is 8.78 Å². The molecular weight excluding hydrogens is 488 g/mol. The fourth-order valence-electron chi connectivity index (χ4n) is 5.68. The van der Waals surface area contributed by atoms with Crippen molar-refractivity contribution in [2.24, 2.45) is 0 Å². The van der Waals surface area contributed by atoms with E-state index in [-0.39, 0.29) is 11.7 Å². The molecule has 7 nitrogen and oxygen atoms in total. The molecule has 2 fully saturated rings. The lowest BCUT2D eigenvalue weighted by atomic mass is 9.95. The second-order valence-corrected chi connectivity index (χ2v) is 10.1. The molecule has 3 aromatic rings. The Morgan fingerprint density at radius 2 is 1.83 bits per heavy atom. The number of methoxy groups -OCH3 is 1. The summed E-state index contributed by atoms with van der Waals surface area (Å²) in [5.41, 5.74) is 2.57. The molecule has 0 saturated carbocycles. The minimum Gasteiger partial charge on any atom is -0.494 e. The van der Waals surface area contributed by atoms with E-state index in [0.717, 1.165) is 68.0 Å². The van der Waals surface area contributed by atoms with Crippen LogP contribution in [0.2, 0.25) is 5.02 Å². The summed E-state index contributed by atoms with van der Waals surface area (Å²) in [6, 6.07) is 8.67. The van der Waals surface area contributed by atoms with Gasteiger partial charge >= 0.3 is 0 Å². The van der Waals surface area contributed by atoms with Crippen molar-refractivity contribution >= 4 is 17.3 Å². The number of ether oxygens (including phenoxy) is 2. The average molecular weight is 516 g/mol. The summed E-state index contributed by atoms with van der Waals surface area (Å²) in [5.74, 6) is 0.771. The van der Waals surface area contributed by atoms with Crippen LogP contribution in [-0.4, -0.2) is 59.1 Å². The quantitative estimate of drug-likeness (QED) is 0.502. The van der Waals surface area contributed by atoms with E-state index < -0.39 is 11.6 Å². The zero-order valence-electron chi connectivity index (χ0n) is 20.1. The Morgan fingerprint density at radius 3 is 2.58 bits per heavy atom. The average Bonchev–Trinajstić information content (AvgIpc) is 3.52. The second kappa shape index (κ2) is 9.61. The fraction of sp³-hybridized carbons (Fsp3) is 0.462. The first-order chi connectivity index (χ1) is 17.5. The summed E-state index contributed by atoms with van der Waals surface area (Å²) in [7, 11) is 1.38. The third-order valence-electron chi connectivity index (χ3n) is 7.60. The van der Waals surface area contributed by atoms with Crippen LogP contribution in [0.3, 0.4) is 0 Å². The summed E-state index contributed by atoms with van der Waals surface area (Å²) in [5, 5.41) is 9.99. The van der Waals surface area contributed by atoms with E-state index in [4.69, 9.17) is 21.1 Å². The van der Waals surface area contributed by atoms with Crippen molar-refractivity contribution in [2.75, 3.05) is 38.3 Å². The Balaban J connectivity index is 1.28. The summed E-state index contributed by atoms with van der Waals surface area (Å²) < 4.78 is 41.4. The summed E-state index contributed by atoms with van der Waals surface area (Å²) >= 11 is 6.39. The molecule has 0 amide bonds. The van der Waals surface area contributed by atoms with E-state index in [1.54, 1.807) is 0 Å². The maximum atomic E-state index is 14.6. The van der Waals surface area contributed by atoms with Crippen LogP contribution in [-0.2, 0) is 17.8 Å². The molecule has 2 saturated heterocycles. The summed E-state index contributed by atoms with van der Waals surface area (Å²) in [6.07, 6.45) is 2.56. The summed E-state index contributed by atoms with van der Waals surface area (Å²) in [6.45, 7) is 4.21. The Bertz CT molecular complexity index is 1270. The molecule has 190 valence electrons. The number of halogens is 3. The first-order valence-corrected chi connectivity index (χ1v) is 12.7. The van der Waals surface area contributed by atoms with Gasteiger partial charge in [-0.1, -0.05) is 11.6 Å². The highest BCUT2D eigenvalue weighted by Crippen LogP contribution is 2.37. The number of hydrogen-bond acceptors (Lipinski definition) is 6. The topological polar surface area (TPSA) is 55.7 Å². The zero-order valence-corrected chi connectivity index (χ0v) is 20.8. The number of anilines is 1. The maximum absolute atomic E-state index is 14.6. The van der Waals surface area contributed by atoms with Gasteiger partial charge in [0.2, 0.25) is 0 Å². The molecule has 0 spiro atoms. The largest absolute Gasteiger partial charge is 0.494 e. The molecule has 4 heterocycles. The fourth-order valence-corrected chi connectivity index (χ4v) is 5.87. The molecule has 0 N–H and O–H groups in total. The maximum Gasteiger partial charge on any atom is 0.168 e. The van der Waals surface area contributed by atoms with Gasteiger partial charge in [0.15, 0.2) is 17.4 Å². The smallest absolute Gasteiger partial charge is 0.168 e. The standard InChI is InChI=1S/C26H28ClF2N5O2/c1-35-24-12-23(20(28)11-21(24)29)32-7-4-16(5-8-32)26-31-30-25-14-33(19-6-9-36-15-19)13-17-10-18(27)2-3-22(17)34(25)26/h2-3,10-12,16,19H,4-9,13-15H2,1H3/t19-/m0/s1. The van der Waals surface area contributed by atoms with Crippen molar-refractivity contribution < 1.29 is 18.3 Å². The van der Waals surface area contributed by atoms with Gasteiger partial charge in [0.1, 0.15) is 11.6 Å². The van der Waals surface area contributed by atoms with E-state index in [9.17, 15) is 8.78 Å². The molecule has 6 rings (SSSR count). The van der Waals surface area contributed by atoms with Crippen molar-refractivity contribution in [1.82, 2.24) is 19.7 Å². The highest BCUT2D eigenvalue weighted by atomic mass is 35.5. The first-order valence-electron chi connectivity index (χ1n) is 12.3. The number of aromatic nitrogens is 3. The van der Waals surface area contributed by atoms with Crippen LogP contribution >= 0.6 is 11.6 Å². The van der Waals surface area contributed by atoms with Crippen LogP contribution in [0.5, 0.6) is 5.75 Å². The number of fused-ring (bicyclic) bond motifs is 3. The van der Waals surface area contributed by atoms with Gasteiger partial charge < -0.3 is 14.4 Å². The molecule has 1 aromatic heterocycles. The van der Waals surface area contributed by atoms with Crippen molar-refractivity contribution in [3.05, 3.63) is 64.2 Å². The Labute approximate surface area is 213 Å². The third-order valence-corrected chi connectivity index (χ3v) is 7.83. The molecule has 10 heteroatoms. The van der Waals surface area contributed by atoms with Crippen LogP contribution in [0.1, 0.15) is 42.4 Å². The number of hydrogen-bond donors (Lipinski definition) is 0. The van der Waals surface area contributed by atoms with Gasteiger partial charge in [0.05, 0.1) is 31.6 Å². The number of piperidine rings is 1. The molecule has 1 atom stereocenters. The van der Waals surface area contributed by atoms with E-state index >= 15 is 0 Å². The lowest BCUT2D eigenvalue weighted by Gasteiger charge is -2.33. The Morgan fingerprint density at radius 1 is 1.00 bits per heavy atom. The monoisotopic (exact) mass is 515 g/mol. The molecule has 36 heavy (non-hydrogen) atoms. The predicted molar refractivity (Wildman–Crippen MR) is 132 cm³/mol. The molecule has 3 aliphatic rings. The Hall–Kier alpha value is -2.75. The SMILES string of the molecule is COc1cc(N2CCC(c3nnc4n3-c3ccc(Cl)cc3CN([C@H]3CCOC3)C4)CC2)c(F)cc1F. The van der Waals surface area contributed by atoms with Crippen molar-refractivity contribution in [3.63, 3.8) is 0 Å². The van der Waals surface area contributed by atoms with Gasteiger partial charge in [-0.2, -0.15) is 0 Å². The molecule has 0 aliphatic carbocycles. The molecular formula is C26H28ClF2N5O2. The van der Waals surface area contributed by atoms with Crippen LogP contribution < -0.4 is 9.64 Å². The van der Waals surface area contributed by atoms with Crippen LogP contribution in [0.15, 0.2) is 30.3 Å². The lowest BCUT2D eigenvalue weighted by Crippen LogP contribution is -2.34. The van der Waals surface area contributed by atoms with E-state index in [2.05, 4.69) is 25.7 Å². The zero-order chi connectivity index (χ0) is 24.8. The van der Waals surface area contributed by atoms with Crippen molar-refractivity contribution in [2.45, 2.75) is 44.3 Å². The van der Waals surface area contributed by atoms with Gasteiger partial charge in [-0.15, -0.1) is 10.2 Å². The van der Waals surface area contributed by atoms with E-state index in [0.29, 0.717) is 36.4 Å². The summed E-state index contributed by atoms with van der Waals surface area (Å²) in [4.78, 5) is 4.36. The van der Waals surface area contributed by atoms with Crippen LogP contribution in [0.25, 0.3) is 5.69 Å². The minimum atomic E-state index is -0.697. The van der Waals surface area contributed by atoms with Gasteiger partial charge in [0, 0.05) is 55.4 Å². The lowest BCUT2D eigenvalue weighted by molar-refractivity contribution is 0.133. The Kier molecular flexibility index (Phi) is 6.31. The van der Waals surface area contributed by atoms with Crippen LogP contribution in [0, 0.1) is 11.6 Å². The number of nitrogens with zero attached hydrogens (tertiary/aromatic N) is 5. The molecule has 0 radical (unpaired) electrons. The highest BCUT2D eigenvalue weighted by Gasteiger charge is 2.33. The predicted octanol–water partition coefficient (Wildman–Crippen LogP) is 4.70. The van der Waals surface area contributed by atoms with E-state index in [1.165, 1.54) is 13.2 Å². The van der Waals surface area contributed by atoms with Gasteiger partial charge in [-0.3, -0.25) is 9.47 Å². The van der Waals surface area contributed by atoms with Gasteiger partial charge in [0.25, 0.3) is 0 Å². The first kappa shape index (κ1) is 23.6. The molecule has 3 aliphatic heterocycles. The number of rotatable bonds is 4. The van der Waals surface area contributed by atoms with Crippen molar-refractivity contribution in [1.29, 1.82) is 0 Å². The van der Waals surface area contributed by atoms with Crippen molar-refractivity contribution in [3.8, 4) is 11.4 Å². The number of benzene rings is 2. The normalized spacial score (nSPS) is 20.8. The second-order valence-electron chi connectivity index (χ2n) is 9.70. The highest BCUT2D eigenvalue weighted by molar-refractivity contribution is 6.30. The third kappa shape index (κ3) is 4.23. The van der Waals surface area contributed by atoms with Gasteiger partial charge in [-0.05, 0) is 43.0 Å². The molecule has 0 unspecified atom stereocenters. The molecule has 0 bridgehead atoms. The minimum absolute atomic E-state index is 0.0452. The van der Waals surface area contributed by atoms with Crippen LogP contribution in [0.4, 0.5) is 14.5 Å².